The van der Waals surface area contributed by atoms with Gasteiger partial charge in [0.1, 0.15) is 11.2 Å². The summed E-state index contributed by atoms with van der Waals surface area (Å²) in [6, 6.07) is 76.9. The zero-order valence-corrected chi connectivity index (χ0v) is 35.7. The maximum atomic E-state index is 6.82. The number of hydrogen-bond acceptors (Lipinski definition) is 6. The molecule has 10 aromatic carbocycles. The summed E-state index contributed by atoms with van der Waals surface area (Å²) >= 11 is 1.84. The second kappa shape index (κ2) is 15.1. The fraction of sp³-hybridized carbons (Fsp3) is 0. The Morgan fingerprint density at radius 3 is 1.83 bits per heavy atom. The highest BCUT2D eigenvalue weighted by Gasteiger charge is 2.22. The summed E-state index contributed by atoms with van der Waals surface area (Å²) in [6.07, 6.45) is 0. The average molecular weight is 849 g/mol. The molecular weight excluding hydrogens is 813 g/mol. The zero-order valence-electron chi connectivity index (χ0n) is 34.9. The van der Waals surface area contributed by atoms with Gasteiger partial charge in [0.05, 0.1) is 0 Å². The van der Waals surface area contributed by atoms with Crippen LogP contribution in [0.2, 0.25) is 0 Å². The van der Waals surface area contributed by atoms with Crippen LogP contribution >= 0.6 is 11.3 Å². The molecule has 0 spiro atoms. The van der Waals surface area contributed by atoms with E-state index in [-0.39, 0.29) is 0 Å². The van der Waals surface area contributed by atoms with Gasteiger partial charge in [0.15, 0.2) is 17.5 Å². The molecule has 13 aromatic rings. The smallest absolute Gasteiger partial charge is 0.164 e. The van der Waals surface area contributed by atoms with Crippen molar-refractivity contribution in [2.75, 3.05) is 4.90 Å². The molecule has 0 saturated carbocycles. The third kappa shape index (κ3) is 6.34. The Hall–Kier alpha value is -8.45. The maximum Gasteiger partial charge on any atom is 0.164 e. The van der Waals surface area contributed by atoms with Crippen LogP contribution in [0.4, 0.5) is 17.1 Å². The first kappa shape index (κ1) is 37.1. The van der Waals surface area contributed by atoms with Crippen LogP contribution in [0.15, 0.2) is 223 Å². The van der Waals surface area contributed by atoms with Crippen LogP contribution in [-0.2, 0) is 0 Å². The minimum absolute atomic E-state index is 0.598. The highest BCUT2D eigenvalue weighted by Crippen LogP contribution is 2.45. The summed E-state index contributed by atoms with van der Waals surface area (Å²) in [5.41, 5.74) is 9.82. The fourth-order valence-electron chi connectivity index (χ4n) is 9.40. The first-order chi connectivity index (χ1) is 32.2. The molecule has 0 aliphatic carbocycles. The summed E-state index contributed by atoms with van der Waals surface area (Å²) < 4.78 is 9.38. The maximum absolute atomic E-state index is 6.82. The van der Waals surface area contributed by atoms with Crippen molar-refractivity contribution in [2.24, 2.45) is 0 Å². The lowest BCUT2D eigenvalue weighted by Crippen LogP contribution is -2.09. The highest BCUT2D eigenvalue weighted by molar-refractivity contribution is 7.25. The molecule has 0 fully saturated rings. The molecule has 3 aromatic heterocycles. The van der Waals surface area contributed by atoms with Gasteiger partial charge in [-0.2, -0.15) is 0 Å². The minimum atomic E-state index is 0.598. The lowest BCUT2D eigenvalue weighted by molar-refractivity contribution is 0.673. The zero-order chi connectivity index (χ0) is 42.8. The van der Waals surface area contributed by atoms with Crippen LogP contribution in [0.3, 0.4) is 0 Å². The number of fused-ring (bicyclic) bond motifs is 9. The summed E-state index contributed by atoms with van der Waals surface area (Å²) in [6.45, 7) is 0. The van der Waals surface area contributed by atoms with Gasteiger partial charge >= 0.3 is 0 Å². The van der Waals surface area contributed by atoms with E-state index in [4.69, 9.17) is 19.4 Å². The molecule has 0 amide bonds. The molecular formula is C59H36N4OS. The Bertz CT molecular complexity index is 3950. The normalized spacial score (nSPS) is 11.7. The Morgan fingerprint density at radius 2 is 0.985 bits per heavy atom. The van der Waals surface area contributed by atoms with Gasteiger partial charge in [0.25, 0.3) is 0 Å². The Labute approximate surface area is 378 Å². The summed E-state index contributed by atoms with van der Waals surface area (Å²) in [4.78, 5) is 18.0. The largest absolute Gasteiger partial charge is 0.455 e. The number of aromatic nitrogens is 3. The van der Waals surface area contributed by atoms with Crippen LogP contribution in [0.5, 0.6) is 0 Å². The third-order valence-electron chi connectivity index (χ3n) is 12.5. The third-order valence-corrected chi connectivity index (χ3v) is 13.6. The van der Waals surface area contributed by atoms with Gasteiger partial charge < -0.3 is 9.32 Å². The molecule has 6 heteroatoms. The summed E-state index contributed by atoms with van der Waals surface area (Å²) in [5, 5.41) is 8.92. The highest BCUT2D eigenvalue weighted by atomic mass is 32.1. The van der Waals surface area contributed by atoms with Crippen molar-refractivity contribution in [3.05, 3.63) is 218 Å². The predicted molar refractivity (Wildman–Crippen MR) is 271 cm³/mol. The summed E-state index contributed by atoms with van der Waals surface area (Å²) in [5.74, 6) is 1.83. The number of nitrogens with zero attached hydrogens (tertiary/aromatic N) is 4. The van der Waals surface area contributed by atoms with E-state index in [0.717, 1.165) is 83.0 Å². The number of furan rings is 1. The molecule has 13 rings (SSSR count). The molecule has 0 atom stereocenters. The van der Waals surface area contributed by atoms with Gasteiger partial charge in [0.2, 0.25) is 0 Å². The van der Waals surface area contributed by atoms with Crippen molar-refractivity contribution < 1.29 is 4.42 Å². The molecule has 0 unspecified atom stereocenters. The van der Waals surface area contributed by atoms with Crippen LogP contribution in [0.25, 0.3) is 109 Å². The van der Waals surface area contributed by atoms with E-state index in [2.05, 4.69) is 193 Å². The van der Waals surface area contributed by atoms with E-state index in [0.29, 0.717) is 17.5 Å². The van der Waals surface area contributed by atoms with Gasteiger partial charge in [0, 0.05) is 70.1 Å². The number of anilines is 3. The Balaban J connectivity index is 0.997. The Morgan fingerprint density at radius 1 is 0.354 bits per heavy atom. The second-order valence-electron chi connectivity index (χ2n) is 16.4. The van der Waals surface area contributed by atoms with Gasteiger partial charge in [-0.25, -0.2) is 15.0 Å². The van der Waals surface area contributed by atoms with E-state index < -0.39 is 0 Å². The van der Waals surface area contributed by atoms with Crippen molar-refractivity contribution in [2.45, 2.75) is 0 Å². The van der Waals surface area contributed by atoms with E-state index in [1.165, 1.54) is 25.6 Å². The van der Waals surface area contributed by atoms with Gasteiger partial charge in [-0.05, 0) is 87.9 Å². The fourth-order valence-corrected chi connectivity index (χ4v) is 10.5. The van der Waals surface area contributed by atoms with Gasteiger partial charge in [-0.3, -0.25) is 0 Å². The van der Waals surface area contributed by atoms with Crippen molar-refractivity contribution in [3.63, 3.8) is 0 Å². The number of benzene rings is 10. The topological polar surface area (TPSA) is 55.1 Å². The average Bonchev–Trinajstić information content (AvgIpc) is 3.95. The van der Waals surface area contributed by atoms with E-state index >= 15 is 0 Å². The van der Waals surface area contributed by atoms with Crippen LogP contribution in [0.1, 0.15) is 0 Å². The number of para-hydroxylation sites is 2. The standard InChI is InChI=1S/C59H36N4OS/c1-3-15-39(16-4-1)57-60-58(41-27-26-37-14-7-8-17-40(37)34-41)62-59(61-57)51-36-50-46-20-9-11-24-52(46)64-56(50)55-45(22-13-23-49(51)55)38-28-30-43(31-29-38)63(42-18-5-2-6-19-42)44-32-33-48-47-21-10-12-25-53(47)65-54(48)35-44/h1-36H. The lowest BCUT2D eigenvalue weighted by Gasteiger charge is -2.26. The van der Waals surface area contributed by atoms with Crippen LogP contribution in [-0.4, -0.2) is 15.0 Å². The number of thiophene rings is 1. The van der Waals surface area contributed by atoms with Crippen molar-refractivity contribution >= 4 is 92.1 Å². The van der Waals surface area contributed by atoms with Gasteiger partial charge in [-0.15, -0.1) is 11.3 Å². The molecule has 3 heterocycles. The quantitative estimate of drug-likeness (QED) is 0.160. The second-order valence-corrected chi connectivity index (χ2v) is 17.4. The van der Waals surface area contributed by atoms with Crippen molar-refractivity contribution in [1.29, 1.82) is 0 Å². The van der Waals surface area contributed by atoms with E-state index in [1.54, 1.807) is 0 Å². The lowest BCUT2D eigenvalue weighted by atomic mass is 9.93. The van der Waals surface area contributed by atoms with Crippen LogP contribution < -0.4 is 4.90 Å². The molecule has 0 radical (unpaired) electrons. The summed E-state index contributed by atoms with van der Waals surface area (Å²) in [7, 11) is 0. The molecule has 304 valence electrons. The molecule has 0 saturated heterocycles. The minimum Gasteiger partial charge on any atom is -0.455 e. The van der Waals surface area contributed by atoms with Crippen molar-refractivity contribution in [1.82, 2.24) is 15.0 Å². The van der Waals surface area contributed by atoms with Crippen LogP contribution in [0, 0.1) is 0 Å². The molecule has 0 aliphatic heterocycles. The molecule has 0 aliphatic rings. The Kier molecular flexibility index (Phi) is 8.64. The first-order valence-corrected chi connectivity index (χ1v) is 22.6. The number of hydrogen-bond donors (Lipinski definition) is 0. The van der Waals surface area contributed by atoms with Crippen molar-refractivity contribution in [3.8, 4) is 45.3 Å². The number of rotatable bonds is 7. The molecule has 0 bridgehead atoms. The van der Waals surface area contributed by atoms with E-state index in [9.17, 15) is 0 Å². The molecule has 65 heavy (non-hydrogen) atoms. The monoisotopic (exact) mass is 848 g/mol. The van der Waals surface area contributed by atoms with E-state index in [1.807, 2.05) is 41.7 Å². The molecule has 0 N–H and O–H groups in total. The first-order valence-electron chi connectivity index (χ1n) is 21.8. The SMILES string of the molecule is c1ccc(-c2nc(-c3ccc4ccccc4c3)nc(-c3cc4c5ccccc5oc4c4c(-c5ccc(N(c6ccccc6)c6ccc7c(c6)sc6ccccc67)cc5)cccc34)n2)cc1. The predicted octanol–water partition coefficient (Wildman–Crippen LogP) is 16.6. The van der Waals surface area contributed by atoms with Gasteiger partial charge in [-0.1, -0.05) is 158 Å². The molecule has 5 nitrogen and oxygen atoms in total.